The Morgan fingerprint density at radius 1 is 0.491 bits per heavy atom. The number of nitrogens with one attached hydrogen (secondary N) is 1. The van der Waals surface area contributed by atoms with Gasteiger partial charge in [-0.25, -0.2) is 0 Å². The van der Waals surface area contributed by atoms with Crippen LogP contribution >= 0.6 is 0 Å². The quantitative estimate of drug-likeness (QED) is 0.0325. The first-order valence-electron chi connectivity index (χ1n) is 24.4. The minimum absolute atomic E-state index is 0.0120. The third-order valence-corrected chi connectivity index (χ3v) is 11.3. The van der Waals surface area contributed by atoms with Gasteiger partial charge >= 0.3 is 5.97 Å². The van der Waals surface area contributed by atoms with Gasteiger partial charge in [0.25, 0.3) is 0 Å². The molecule has 3 N–H and O–H groups in total. The molecule has 326 valence electrons. The average Bonchev–Trinajstić information content (AvgIpc) is 3.18. The van der Waals surface area contributed by atoms with Crippen LogP contribution in [0.4, 0.5) is 0 Å². The molecule has 0 saturated heterocycles. The zero-order valence-electron chi connectivity index (χ0n) is 36.9. The van der Waals surface area contributed by atoms with Crippen molar-refractivity contribution in [3.63, 3.8) is 0 Å². The zero-order valence-corrected chi connectivity index (χ0v) is 36.9. The highest BCUT2D eigenvalue weighted by molar-refractivity contribution is 5.76. The molecule has 0 bridgehead atoms. The van der Waals surface area contributed by atoms with E-state index < -0.39 is 12.1 Å². The number of hydrogen-bond donors (Lipinski definition) is 3. The van der Waals surface area contributed by atoms with Crippen LogP contribution in [0.5, 0.6) is 0 Å². The normalized spacial score (nSPS) is 12.7. The smallest absolute Gasteiger partial charge is 0.305 e. The number of esters is 1. The minimum atomic E-state index is -0.679. The van der Waals surface area contributed by atoms with E-state index in [0.717, 1.165) is 70.6 Å². The van der Waals surface area contributed by atoms with Gasteiger partial charge in [0, 0.05) is 12.8 Å². The number of carbonyl (C=O) groups excluding carboxylic acids is 2. The van der Waals surface area contributed by atoms with Gasteiger partial charge in [-0.3, -0.25) is 9.59 Å². The van der Waals surface area contributed by atoms with Crippen LogP contribution in [0, 0.1) is 0 Å². The number of hydrogen-bond acceptors (Lipinski definition) is 5. The first-order valence-corrected chi connectivity index (χ1v) is 24.4. The third-order valence-electron chi connectivity index (χ3n) is 11.3. The summed E-state index contributed by atoms with van der Waals surface area (Å²) in [7, 11) is 0. The molecule has 1 amide bonds. The molecule has 55 heavy (non-hydrogen) atoms. The molecule has 2 unspecified atom stereocenters. The molecule has 0 spiro atoms. The maximum atomic E-state index is 12.4. The highest BCUT2D eigenvalue weighted by Crippen LogP contribution is 2.16. The lowest BCUT2D eigenvalue weighted by Gasteiger charge is -2.22. The maximum absolute atomic E-state index is 12.4. The van der Waals surface area contributed by atoms with Crippen molar-refractivity contribution < 1.29 is 24.5 Å². The van der Waals surface area contributed by atoms with E-state index in [2.05, 4.69) is 31.3 Å². The zero-order chi connectivity index (χ0) is 40.1. The highest BCUT2D eigenvalue weighted by atomic mass is 16.5. The number of amides is 1. The van der Waals surface area contributed by atoms with Crippen molar-refractivity contribution in [3.05, 3.63) is 12.2 Å². The van der Waals surface area contributed by atoms with Crippen molar-refractivity contribution in [1.29, 1.82) is 0 Å². The van der Waals surface area contributed by atoms with Crippen LogP contribution in [0.25, 0.3) is 0 Å². The van der Waals surface area contributed by atoms with Gasteiger partial charge in [-0.15, -0.1) is 0 Å². The summed E-state index contributed by atoms with van der Waals surface area (Å²) >= 11 is 0. The fourth-order valence-electron chi connectivity index (χ4n) is 7.51. The second-order valence-corrected chi connectivity index (χ2v) is 16.8. The van der Waals surface area contributed by atoms with Crippen LogP contribution in [0.1, 0.15) is 264 Å². The summed E-state index contributed by atoms with van der Waals surface area (Å²) in [6, 6.07) is -0.559. The van der Waals surface area contributed by atoms with E-state index in [9.17, 15) is 19.8 Å². The molecule has 0 aromatic rings. The van der Waals surface area contributed by atoms with Gasteiger partial charge in [-0.05, 0) is 51.4 Å². The van der Waals surface area contributed by atoms with Crippen LogP contribution < -0.4 is 5.32 Å². The number of aliphatic hydroxyl groups excluding tert-OH is 2. The molecule has 0 fully saturated rings. The number of ether oxygens (including phenoxy) is 1. The van der Waals surface area contributed by atoms with E-state index in [1.807, 2.05) is 0 Å². The molecule has 0 aromatic carbocycles. The molecular weight excluding hydrogens is 683 g/mol. The molecule has 0 radical (unpaired) electrons. The summed E-state index contributed by atoms with van der Waals surface area (Å²) in [4.78, 5) is 24.4. The summed E-state index contributed by atoms with van der Waals surface area (Å²) in [5.74, 6) is -0.0768. The fourth-order valence-corrected chi connectivity index (χ4v) is 7.51. The van der Waals surface area contributed by atoms with Gasteiger partial charge in [0.1, 0.15) is 0 Å². The van der Waals surface area contributed by atoms with E-state index >= 15 is 0 Å². The van der Waals surface area contributed by atoms with Gasteiger partial charge in [0.05, 0.1) is 25.4 Å². The molecule has 2 atom stereocenters. The monoisotopic (exact) mass is 778 g/mol. The molecule has 0 aliphatic heterocycles. The number of rotatable bonds is 45. The summed E-state index contributed by atoms with van der Waals surface area (Å²) in [6.45, 7) is 4.90. The number of carbonyl (C=O) groups is 2. The summed E-state index contributed by atoms with van der Waals surface area (Å²) < 4.78 is 5.44. The van der Waals surface area contributed by atoms with E-state index in [4.69, 9.17) is 4.74 Å². The maximum Gasteiger partial charge on any atom is 0.305 e. The van der Waals surface area contributed by atoms with Crippen LogP contribution in [0.2, 0.25) is 0 Å². The summed E-state index contributed by atoms with van der Waals surface area (Å²) in [6.07, 6.45) is 50.3. The van der Waals surface area contributed by atoms with Gasteiger partial charge in [-0.1, -0.05) is 212 Å². The Balaban J connectivity index is 3.50. The largest absolute Gasteiger partial charge is 0.466 e. The first-order chi connectivity index (χ1) is 27.0. The summed E-state index contributed by atoms with van der Waals surface area (Å²) in [5.41, 5.74) is 0. The highest BCUT2D eigenvalue weighted by Gasteiger charge is 2.20. The standard InChI is InChI=1S/C49H95NO5/c1-3-5-7-9-11-13-15-18-21-25-29-33-37-41-47(52)46(45-51)50-48(53)42-38-34-30-26-22-19-17-20-24-28-32-36-40-44-55-49(54)43-39-35-31-27-23-16-14-12-10-8-6-4-2/h19,22,46-47,51-52H,3-18,20-21,23-45H2,1-2H3,(H,50,53)/b22-19-. The fraction of sp³-hybridized carbons (Fsp3) is 0.918. The molecule has 0 aliphatic rings. The van der Waals surface area contributed by atoms with Crippen LogP contribution in [0.15, 0.2) is 12.2 Å². The second kappa shape index (κ2) is 45.3. The van der Waals surface area contributed by atoms with Crippen molar-refractivity contribution in [2.75, 3.05) is 13.2 Å². The van der Waals surface area contributed by atoms with Crippen molar-refractivity contribution in [2.45, 2.75) is 276 Å². The topological polar surface area (TPSA) is 95.9 Å². The van der Waals surface area contributed by atoms with Crippen molar-refractivity contribution in [2.24, 2.45) is 0 Å². The Morgan fingerprint density at radius 2 is 0.855 bits per heavy atom. The van der Waals surface area contributed by atoms with Crippen LogP contribution in [-0.4, -0.2) is 47.4 Å². The molecule has 0 rings (SSSR count). The van der Waals surface area contributed by atoms with Crippen molar-refractivity contribution in [1.82, 2.24) is 5.32 Å². The summed E-state index contributed by atoms with van der Waals surface area (Å²) in [5, 5.41) is 23.1. The van der Waals surface area contributed by atoms with Crippen molar-refractivity contribution >= 4 is 11.9 Å². The van der Waals surface area contributed by atoms with Gasteiger partial charge in [-0.2, -0.15) is 0 Å². The molecule has 0 heterocycles. The molecule has 6 heteroatoms. The Hall–Kier alpha value is -1.40. The molecule has 0 aliphatic carbocycles. The van der Waals surface area contributed by atoms with Gasteiger partial charge in [0.2, 0.25) is 5.91 Å². The SMILES string of the molecule is CCCCCCCCCCCCCCCC(O)C(CO)NC(=O)CCCCC/C=C\CCCCCCCCOC(=O)CCCCCCCCCCCCCC. The Kier molecular flexibility index (Phi) is 44.2. The number of aliphatic hydroxyl groups is 2. The van der Waals surface area contributed by atoms with E-state index in [0.29, 0.717) is 25.9 Å². The van der Waals surface area contributed by atoms with E-state index in [1.54, 1.807) is 0 Å². The van der Waals surface area contributed by atoms with Crippen LogP contribution in [0.3, 0.4) is 0 Å². The second-order valence-electron chi connectivity index (χ2n) is 16.8. The number of allylic oxidation sites excluding steroid dienone is 2. The molecular formula is C49H95NO5. The molecule has 0 saturated carbocycles. The molecule has 0 aromatic heterocycles. The Labute approximate surface area is 342 Å². The minimum Gasteiger partial charge on any atom is -0.466 e. The Bertz CT molecular complexity index is 817. The van der Waals surface area contributed by atoms with Gasteiger partial charge < -0.3 is 20.3 Å². The number of unbranched alkanes of at least 4 members (excludes halogenated alkanes) is 32. The lowest BCUT2D eigenvalue weighted by Crippen LogP contribution is -2.45. The van der Waals surface area contributed by atoms with Crippen molar-refractivity contribution in [3.8, 4) is 0 Å². The third kappa shape index (κ3) is 42.0. The molecule has 6 nitrogen and oxygen atoms in total. The predicted octanol–water partition coefficient (Wildman–Crippen LogP) is 14.2. The predicted molar refractivity (Wildman–Crippen MR) is 237 cm³/mol. The average molecular weight is 778 g/mol. The lowest BCUT2D eigenvalue weighted by molar-refractivity contribution is -0.143. The van der Waals surface area contributed by atoms with E-state index in [-0.39, 0.29) is 18.5 Å². The van der Waals surface area contributed by atoms with Gasteiger partial charge in [0.15, 0.2) is 0 Å². The van der Waals surface area contributed by atoms with Crippen LogP contribution in [-0.2, 0) is 14.3 Å². The Morgan fingerprint density at radius 3 is 1.31 bits per heavy atom. The van der Waals surface area contributed by atoms with E-state index in [1.165, 1.54) is 161 Å². The first kappa shape index (κ1) is 53.6. The lowest BCUT2D eigenvalue weighted by atomic mass is 10.0.